The summed E-state index contributed by atoms with van der Waals surface area (Å²) in [5.74, 6) is 1.76. The molecule has 116 valence electrons. The molecule has 2 heterocycles. The summed E-state index contributed by atoms with van der Waals surface area (Å²) in [6.07, 6.45) is 6.53. The molecule has 1 aromatic heterocycles. The highest BCUT2D eigenvalue weighted by Gasteiger charge is 2.31. The number of rotatable bonds is 4. The molecule has 0 radical (unpaired) electrons. The molecule has 2 fully saturated rings. The van der Waals surface area contributed by atoms with E-state index in [-0.39, 0.29) is 0 Å². The van der Waals surface area contributed by atoms with Gasteiger partial charge in [-0.15, -0.1) is 0 Å². The highest BCUT2D eigenvalue weighted by molar-refractivity contribution is 7.71. The van der Waals surface area contributed by atoms with Crippen molar-refractivity contribution in [3.05, 3.63) is 40.9 Å². The first-order valence-electron chi connectivity index (χ1n) is 8.41. The molecule has 0 amide bonds. The lowest BCUT2D eigenvalue weighted by Crippen LogP contribution is -3.12. The number of benzene rings is 1. The zero-order valence-corrected chi connectivity index (χ0v) is 13.7. The molecule has 1 aliphatic heterocycles. The van der Waals surface area contributed by atoms with Crippen molar-refractivity contribution >= 4 is 12.2 Å². The predicted octanol–water partition coefficient (Wildman–Crippen LogP) is 2.31. The molecule has 0 unspecified atom stereocenters. The maximum absolute atomic E-state index is 5.76. The molecule has 4 nitrogen and oxygen atoms in total. The van der Waals surface area contributed by atoms with E-state index >= 15 is 0 Å². The van der Waals surface area contributed by atoms with E-state index in [4.69, 9.17) is 17.3 Å². The Morgan fingerprint density at radius 1 is 1.09 bits per heavy atom. The van der Waals surface area contributed by atoms with E-state index in [2.05, 4.69) is 33.5 Å². The van der Waals surface area contributed by atoms with Crippen molar-refractivity contribution in [1.29, 1.82) is 0 Å². The highest BCUT2D eigenvalue weighted by atomic mass is 32.1. The molecule has 1 N–H and O–H groups in total. The van der Waals surface area contributed by atoms with Gasteiger partial charge in [-0.3, -0.25) is 4.57 Å². The number of nitrogens with one attached hydrogen (secondary N) is 1. The second kappa shape index (κ2) is 5.97. The van der Waals surface area contributed by atoms with Crippen LogP contribution in [0, 0.1) is 4.77 Å². The van der Waals surface area contributed by atoms with Crippen molar-refractivity contribution in [2.75, 3.05) is 13.1 Å². The third-order valence-corrected chi connectivity index (χ3v) is 5.15. The van der Waals surface area contributed by atoms with E-state index in [0.717, 1.165) is 23.0 Å². The Labute approximate surface area is 136 Å². The van der Waals surface area contributed by atoms with E-state index in [1.165, 1.54) is 45.2 Å². The van der Waals surface area contributed by atoms with Crippen molar-refractivity contribution in [1.82, 2.24) is 14.3 Å². The molecule has 5 heteroatoms. The summed E-state index contributed by atoms with van der Waals surface area (Å²) < 4.78 is 5.11. The van der Waals surface area contributed by atoms with E-state index in [9.17, 15) is 0 Å². The average molecular weight is 315 g/mol. The smallest absolute Gasteiger partial charge is 0.207 e. The standard InChI is InChI=1S/C17H22N4S/c22-17-20(13-19-11-5-2-6-12-19)18-16(14-9-10-14)21(17)15-7-3-1-4-8-15/h1,3-4,7-8,14H,2,5-6,9-13H2/p+1. The normalized spacial score (nSPS) is 19.5. The first kappa shape index (κ1) is 14.2. The van der Waals surface area contributed by atoms with Crippen LogP contribution in [0.3, 0.4) is 0 Å². The van der Waals surface area contributed by atoms with Crippen LogP contribution in [0.5, 0.6) is 0 Å². The molecule has 1 saturated heterocycles. The van der Waals surface area contributed by atoms with Crippen LogP contribution in [-0.2, 0) is 6.67 Å². The molecule has 0 spiro atoms. The quantitative estimate of drug-likeness (QED) is 0.877. The fraction of sp³-hybridized carbons (Fsp3) is 0.529. The number of piperidine rings is 1. The lowest BCUT2D eigenvalue weighted by Gasteiger charge is -2.22. The Bertz CT molecular complexity index is 693. The minimum atomic E-state index is 0.597. The Hall–Kier alpha value is -1.46. The van der Waals surface area contributed by atoms with Gasteiger partial charge in [0.2, 0.25) is 4.77 Å². The molecule has 22 heavy (non-hydrogen) atoms. The fourth-order valence-corrected chi connectivity index (χ4v) is 3.68. The van der Waals surface area contributed by atoms with Crippen LogP contribution in [0.15, 0.2) is 30.3 Å². The van der Waals surface area contributed by atoms with Gasteiger partial charge in [0.1, 0.15) is 5.82 Å². The highest BCUT2D eigenvalue weighted by Crippen LogP contribution is 2.40. The molecule has 0 atom stereocenters. The van der Waals surface area contributed by atoms with Crippen LogP contribution in [0.1, 0.15) is 43.8 Å². The van der Waals surface area contributed by atoms with Crippen LogP contribution in [0.4, 0.5) is 0 Å². The number of quaternary nitrogens is 1. The summed E-state index contributed by atoms with van der Waals surface area (Å²) >= 11 is 5.76. The summed E-state index contributed by atoms with van der Waals surface area (Å²) in [6.45, 7) is 3.41. The summed E-state index contributed by atoms with van der Waals surface area (Å²) in [4.78, 5) is 1.61. The van der Waals surface area contributed by atoms with Crippen LogP contribution >= 0.6 is 12.2 Å². The largest absolute Gasteiger partial charge is 0.316 e. The Morgan fingerprint density at radius 3 is 2.50 bits per heavy atom. The third kappa shape index (κ3) is 2.75. The summed E-state index contributed by atoms with van der Waals surface area (Å²) in [6, 6.07) is 10.4. The molecular weight excluding hydrogens is 292 g/mol. The predicted molar refractivity (Wildman–Crippen MR) is 88.9 cm³/mol. The number of nitrogens with zero attached hydrogens (tertiary/aromatic N) is 3. The van der Waals surface area contributed by atoms with Gasteiger partial charge in [0.25, 0.3) is 0 Å². The van der Waals surface area contributed by atoms with Gasteiger partial charge in [0, 0.05) is 11.6 Å². The molecule has 2 aromatic rings. The Kier molecular flexibility index (Phi) is 3.84. The van der Waals surface area contributed by atoms with Crippen molar-refractivity contribution in [3.8, 4) is 5.69 Å². The topological polar surface area (TPSA) is 27.2 Å². The number of hydrogen-bond acceptors (Lipinski definition) is 2. The van der Waals surface area contributed by atoms with E-state index < -0.39 is 0 Å². The van der Waals surface area contributed by atoms with Crippen LogP contribution in [0.2, 0.25) is 0 Å². The number of para-hydroxylation sites is 1. The first-order valence-corrected chi connectivity index (χ1v) is 8.82. The van der Waals surface area contributed by atoms with Crippen LogP contribution in [0.25, 0.3) is 5.69 Å². The average Bonchev–Trinajstić information content (AvgIpc) is 3.35. The summed E-state index contributed by atoms with van der Waals surface area (Å²) in [5, 5.41) is 4.90. The van der Waals surface area contributed by atoms with E-state index in [1.807, 2.05) is 6.07 Å². The van der Waals surface area contributed by atoms with Gasteiger partial charge in [-0.25, -0.2) is 0 Å². The van der Waals surface area contributed by atoms with Gasteiger partial charge in [-0.1, -0.05) is 18.2 Å². The lowest BCUT2D eigenvalue weighted by atomic mass is 10.1. The van der Waals surface area contributed by atoms with Gasteiger partial charge in [-0.05, 0) is 56.5 Å². The number of aromatic nitrogens is 3. The van der Waals surface area contributed by atoms with Crippen molar-refractivity contribution in [3.63, 3.8) is 0 Å². The van der Waals surface area contributed by atoms with E-state index in [1.54, 1.807) is 4.90 Å². The summed E-state index contributed by atoms with van der Waals surface area (Å²) in [5.41, 5.74) is 1.15. The van der Waals surface area contributed by atoms with Gasteiger partial charge in [0.05, 0.1) is 13.1 Å². The maximum Gasteiger partial charge on any atom is 0.207 e. The molecule has 0 bridgehead atoms. The second-order valence-electron chi connectivity index (χ2n) is 6.55. The zero-order chi connectivity index (χ0) is 14.9. The third-order valence-electron chi connectivity index (χ3n) is 4.76. The zero-order valence-electron chi connectivity index (χ0n) is 12.9. The van der Waals surface area contributed by atoms with Crippen molar-refractivity contribution < 1.29 is 4.90 Å². The monoisotopic (exact) mass is 315 g/mol. The SMILES string of the molecule is S=c1n(C[NH+]2CCCCC2)nc(C2CC2)n1-c1ccccc1. The first-order chi connectivity index (χ1) is 10.8. The van der Waals surface area contributed by atoms with Gasteiger partial charge < -0.3 is 4.90 Å². The molecule has 1 aliphatic carbocycles. The molecule has 4 rings (SSSR count). The van der Waals surface area contributed by atoms with E-state index in [0.29, 0.717) is 5.92 Å². The lowest BCUT2D eigenvalue weighted by molar-refractivity contribution is -0.928. The minimum absolute atomic E-state index is 0.597. The van der Waals surface area contributed by atoms with Gasteiger partial charge in [-0.2, -0.15) is 9.78 Å². The van der Waals surface area contributed by atoms with Crippen molar-refractivity contribution in [2.45, 2.75) is 44.7 Å². The number of hydrogen-bond donors (Lipinski definition) is 1. The Balaban J connectivity index is 1.69. The molecule has 1 aromatic carbocycles. The second-order valence-corrected chi connectivity index (χ2v) is 6.92. The fourth-order valence-electron chi connectivity index (χ4n) is 3.37. The maximum atomic E-state index is 5.76. The van der Waals surface area contributed by atoms with Crippen molar-refractivity contribution in [2.24, 2.45) is 0 Å². The van der Waals surface area contributed by atoms with Crippen LogP contribution in [-0.4, -0.2) is 27.4 Å². The van der Waals surface area contributed by atoms with Gasteiger partial charge in [0.15, 0.2) is 6.67 Å². The molecular formula is C17H23N4S+. The minimum Gasteiger partial charge on any atom is -0.316 e. The number of likely N-dealkylation sites (tertiary alicyclic amines) is 1. The summed E-state index contributed by atoms with van der Waals surface area (Å²) in [7, 11) is 0. The van der Waals surface area contributed by atoms with Crippen LogP contribution < -0.4 is 4.90 Å². The Morgan fingerprint density at radius 2 is 1.82 bits per heavy atom. The molecule has 1 saturated carbocycles. The van der Waals surface area contributed by atoms with Gasteiger partial charge >= 0.3 is 0 Å². The molecule has 2 aliphatic rings.